The van der Waals surface area contributed by atoms with Crippen molar-refractivity contribution in [1.29, 1.82) is 0 Å². The predicted molar refractivity (Wildman–Crippen MR) is 104 cm³/mol. The molecular weight excluding hydrogens is 368 g/mol. The number of hydrogen-bond donors (Lipinski definition) is 2. The van der Waals surface area contributed by atoms with E-state index in [0.29, 0.717) is 17.1 Å². The highest BCUT2D eigenvalue weighted by Gasteiger charge is 2.40. The van der Waals surface area contributed by atoms with Crippen LogP contribution in [-0.2, 0) is 4.74 Å². The Hall–Kier alpha value is -1.35. The maximum Gasteiger partial charge on any atom is 0.267 e. The first-order chi connectivity index (χ1) is 12.6. The van der Waals surface area contributed by atoms with Crippen LogP contribution in [0.2, 0.25) is 0 Å². The summed E-state index contributed by atoms with van der Waals surface area (Å²) in [5.74, 6) is 1.19. The van der Waals surface area contributed by atoms with Gasteiger partial charge in [-0.2, -0.15) is 0 Å². The number of hydrogen-bond acceptors (Lipinski definition) is 7. The third kappa shape index (κ3) is 4.14. The second-order valence-electron chi connectivity index (χ2n) is 7.12. The first-order valence-electron chi connectivity index (χ1n) is 9.13. The molecule has 8 heteroatoms. The van der Waals surface area contributed by atoms with E-state index >= 15 is 0 Å². The third-order valence-corrected chi connectivity index (χ3v) is 6.95. The molecule has 2 aliphatic rings. The number of amides is 1. The molecule has 1 amide bonds. The van der Waals surface area contributed by atoms with E-state index < -0.39 is 0 Å². The van der Waals surface area contributed by atoms with Gasteiger partial charge in [0.05, 0.1) is 4.88 Å². The Balaban J connectivity index is 1.33. The largest absolute Gasteiger partial charge is 0.381 e. The molecule has 1 saturated carbocycles. The van der Waals surface area contributed by atoms with Crippen LogP contribution in [0.5, 0.6) is 0 Å². The molecule has 1 aliphatic heterocycles. The van der Waals surface area contributed by atoms with Gasteiger partial charge < -0.3 is 10.1 Å². The number of aryl methyl sites for hydroxylation is 2. The molecule has 6 nitrogen and oxygen atoms in total. The molecule has 0 radical (unpaired) electrons. The summed E-state index contributed by atoms with van der Waals surface area (Å²) < 4.78 is 5.43. The third-order valence-electron chi connectivity index (χ3n) is 5.13. The number of anilines is 1. The van der Waals surface area contributed by atoms with Crippen molar-refractivity contribution in [1.82, 2.24) is 15.5 Å². The van der Waals surface area contributed by atoms with Crippen molar-refractivity contribution in [3.05, 3.63) is 26.4 Å². The number of nitrogens with one attached hydrogen (secondary N) is 2. The van der Waals surface area contributed by atoms with Crippen molar-refractivity contribution in [2.24, 2.45) is 5.92 Å². The van der Waals surface area contributed by atoms with E-state index in [9.17, 15) is 4.79 Å². The number of thiophene rings is 1. The van der Waals surface area contributed by atoms with Crippen molar-refractivity contribution >= 4 is 33.7 Å². The topological polar surface area (TPSA) is 76.1 Å². The molecule has 0 aromatic carbocycles. The second-order valence-corrected chi connectivity index (χ2v) is 9.55. The SMILES string of the molecule is Cc1nnc(NC(=O)c2cc(C3CC3NCC3CCOCC3)c(C)s2)s1. The number of rotatable bonds is 6. The summed E-state index contributed by atoms with van der Waals surface area (Å²) in [4.78, 5) is 14.4. The average Bonchev–Trinajstić information content (AvgIpc) is 3.12. The van der Waals surface area contributed by atoms with Gasteiger partial charge >= 0.3 is 0 Å². The fourth-order valence-electron chi connectivity index (χ4n) is 3.51. The lowest BCUT2D eigenvalue weighted by molar-refractivity contribution is 0.0662. The molecule has 1 saturated heterocycles. The molecule has 4 rings (SSSR count). The fourth-order valence-corrected chi connectivity index (χ4v) is 5.09. The first kappa shape index (κ1) is 18.0. The number of ether oxygens (including phenoxy) is 1. The van der Waals surface area contributed by atoms with Crippen LogP contribution in [0.1, 0.15) is 50.3 Å². The van der Waals surface area contributed by atoms with Crippen LogP contribution in [0.4, 0.5) is 5.13 Å². The molecule has 0 spiro atoms. The minimum atomic E-state index is -0.0899. The number of aromatic nitrogens is 2. The average molecular weight is 393 g/mol. The molecule has 26 heavy (non-hydrogen) atoms. The van der Waals surface area contributed by atoms with E-state index in [-0.39, 0.29) is 5.91 Å². The van der Waals surface area contributed by atoms with Crippen molar-refractivity contribution < 1.29 is 9.53 Å². The van der Waals surface area contributed by atoms with Gasteiger partial charge in [0, 0.05) is 30.1 Å². The molecule has 3 heterocycles. The number of carbonyl (C=O) groups excluding carboxylic acids is 1. The maximum atomic E-state index is 12.5. The first-order valence-corrected chi connectivity index (χ1v) is 10.8. The predicted octanol–water partition coefficient (Wildman–Crippen LogP) is 3.34. The summed E-state index contributed by atoms with van der Waals surface area (Å²) in [5.41, 5.74) is 1.32. The Bertz CT molecular complexity index is 782. The zero-order chi connectivity index (χ0) is 18.1. The van der Waals surface area contributed by atoms with Crippen LogP contribution >= 0.6 is 22.7 Å². The zero-order valence-corrected chi connectivity index (χ0v) is 16.7. The van der Waals surface area contributed by atoms with Gasteiger partial charge in [0.1, 0.15) is 5.01 Å². The highest BCUT2D eigenvalue weighted by atomic mass is 32.1. The Labute approximate surface area is 161 Å². The molecule has 0 bridgehead atoms. The summed E-state index contributed by atoms with van der Waals surface area (Å²) in [5, 5.41) is 15.9. The molecule has 140 valence electrons. The second kappa shape index (κ2) is 7.72. The summed E-state index contributed by atoms with van der Waals surface area (Å²) in [7, 11) is 0. The minimum Gasteiger partial charge on any atom is -0.381 e. The van der Waals surface area contributed by atoms with Gasteiger partial charge in [0.25, 0.3) is 5.91 Å². The summed E-state index contributed by atoms with van der Waals surface area (Å²) in [6, 6.07) is 2.61. The van der Waals surface area contributed by atoms with Crippen LogP contribution in [-0.4, -0.2) is 41.9 Å². The van der Waals surface area contributed by atoms with Crippen LogP contribution < -0.4 is 10.6 Å². The normalized spacial score (nSPS) is 23.2. The maximum absolute atomic E-state index is 12.5. The molecule has 2 aromatic rings. The molecule has 1 aliphatic carbocycles. The van der Waals surface area contributed by atoms with E-state index in [2.05, 4.69) is 33.8 Å². The minimum absolute atomic E-state index is 0.0899. The van der Waals surface area contributed by atoms with Crippen molar-refractivity contribution in [2.75, 3.05) is 25.1 Å². The van der Waals surface area contributed by atoms with E-state index in [1.165, 1.54) is 21.8 Å². The zero-order valence-electron chi connectivity index (χ0n) is 15.1. The Morgan fingerprint density at radius 1 is 1.27 bits per heavy atom. The number of nitrogens with zero attached hydrogens (tertiary/aromatic N) is 2. The van der Waals surface area contributed by atoms with E-state index in [4.69, 9.17) is 4.74 Å². The van der Waals surface area contributed by atoms with Crippen molar-refractivity contribution in [3.63, 3.8) is 0 Å². The smallest absolute Gasteiger partial charge is 0.267 e. The van der Waals surface area contributed by atoms with Gasteiger partial charge in [-0.3, -0.25) is 10.1 Å². The standard InChI is InChI=1S/C18H24N4O2S2/c1-10-13(14-7-15(14)19-9-12-3-5-24-6-4-12)8-16(25-10)17(23)20-18-22-21-11(2)26-18/h8,12,14-15,19H,3-7,9H2,1-2H3,(H,20,22,23). The van der Waals surface area contributed by atoms with Gasteiger partial charge in [-0.25, -0.2) is 0 Å². The Morgan fingerprint density at radius 3 is 2.81 bits per heavy atom. The van der Waals surface area contributed by atoms with Crippen LogP contribution in [0, 0.1) is 19.8 Å². The lowest BCUT2D eigenvalue weighted by Gasteiger charge is -2.22. The Kier molecular flexibility index (Phi) is 5.35. The van der Waals surface area contributed by atoms with Crippen LogP contribution in [0.3, 0.4) is 0 Å². The van der Waals surface area contributed by atoms with Gasteiger partial charge in [0.2, 0.25) is 5.13 Å². The summed E-state index contributed by atoms with van der Waals surface area (Å²) in [6.07, 6.45) is 3.49. The lowest BCUT2D eigenvalue weighted by Crippen LogP contribution is -2.29. The number of carbonyl (C=O) groups is 1. The van der Waals surface area contributed by atoms with E-state index in [1.54, 1.807) is 11.3 Å². The van der Waals surface area contributed by atoms with Crippen LogP contribution in [0.15, 0.2) is 6.07 Å². The van der Waals surface area contributed by atoms with Gasteiger partial charge in [-0.1, -0.05) is 11.3 Å². The monoisotopic (exact) mass is 392 g/mol. The molecule has 2 fully saturated rings. The van der Waals surface area contributed by atoms with Crippen molar-refractivity contribution in [2.45, 2.75) is 45.1 Å². The summed E-state index contributed by atoms with van der Waals surface area (Å²) >= 11 is 2.96. The molecule has 2 N–H and O–H groups in total. The molecule has 2 unspecified atom stereocenters. The lowest BCUT2D eigenvalue weighted by atomic mass is 10.0. The summed E-state index contributed by atoms with van der Waals surface area (Å²) in [6.45, 7) is 6.87. The molecule has 2 aromatic heterocycles. The van der Waals surface area contributed by atoms with Gasteiger partial charge in [-0.15, -0.1) is 21.5 Å². The highest BCUT2D eigenvalue weighted by molar-refractivity contribution is 7.16. The quantitative estimate of drug-likeness (QED) is 0.788. The van der Waals surface area contributed by atoms with E-state index in [1.807, 2.05) is 6.92 Å². The van der Waals surface area contributed by atoms with Crippen LogP contribution in [0.25, 0.3) is 0 Å². The molecule has 2 atom stereocenters. The highest BCUT2D eigenvalue weighted by Crippen LogP contribution is 2.44. The Morgan fingerprint density at radius 2 is 2.08 bits per heavy atom. The molecular formula is C18H24N4O2S2. The van der Waals surface area contributed by atoms with E-state index in [0.717, 1.165) is 54.8 Å². The van der Waals surface area contributed by atoms with Crippen molar-refractivity contribution in [3.8, 4) is 0 Å². The van der Waals surface area contributed by atoms with Gasteiger partial charge in [-0.05, 0) is 57.2 Å². The van der Waals surface area contributed by atoms with Gasteiger partial charge in [0.15, 0.2) is 0 Å². The fraction of sp³-hybridized carbons (Fsp3) is 0.611.